The topological polar surface area (TPSA) is 28.2 Å². The average Bonchev–Trinajstić information content (AvgIpc) is 2.89. The van der Waals surface area contributed by atoms with Gasteiger partial charge in [0.05, 0.1) is 5.69 Å². The molecule has 1 N–H and O–H groups in total. The summed E-state index contributed by atoms with van der Waals surface area (Å²) >= 11 is 0. The Morgan fingerprint density at radius 3 is 3.00 bits per heavy atom. The Labute approximate surface area is 117 Å². The fourth-order valence-corrected chi connectivity index (χ4v) is 2.72. The quantitative estimate of drug-likeness (QED) is 0.798. The molecule has 1 aliphatic rings. The van der Waals surface area contributed by atoms with E-state index in [4.69, 9.17) is 0 Å². The van der Waals surface area contributed by atoms with Crippen LogP contribution in [-0.4, -0.2) is 24.6 Å². The van der Waals surface area contributed by atoms with E-state index in [2.05, 4.69) is 48.1 Å². The Bertz CT molecular complexity index is 389. The highest BCUT2D eigenvalue weighted by molar-refractivity contribution is 5.47. The fraction of sp³-hybridized carbons (Fsp3) is 0.688. The van der Waals surface area contributed by atoms with Crippen molar-refractivity contribution in [2.75, 3.05) is 24.5 Å². The highest BCUT2D eigenvalue weighted by atomic mass is 15.2. The summed E-state index contributed by atoms with van der Waals surface area (Å²) in [4.78, 5) is 6.96. The standard InChI is InChI=1S/C16H27N3/c1-4-7-17-11-15-10-16(5-8-18-15)19-9-6-14(12-19)13(2)3/h5,8,10,13-14,17H,4,6-7,9,11-12H2,1-3H3. The number of nitrogens with zero attached hydrogens (tertiary/aromatic N) is 2. The molecular weight excluding hydrogens is 234 g/mol. The van der Waals surface area contributed by atoms with Crippen molar-refractivity contribution in [3.8, 4) is 0 Å². The van der Waals surface area contributed by atoms with E-state index in [0.29, 0.717) is 0 Å². The van der Waals surface area contributed by atoms with Crippen LogP contribution in [0, 0.1) is 11.8 Å². The number of hydrogen-bond donors (Lipinski definition) is 1. The lowest BCUT2D eigenvalue weighted by Crippen LogP contribution is -2.22. The first-order valence-corrected chi connectivity index (χ1v) is 7.61. The predicted octanol–water partition coefficient (Wildman–Crippen LogP) is 3.06. The zero-order valence-electron chi connectivity index (χ0n) is 12.5. The molecule has 1 fully saturated rings. The van der Waals surface area contributed by atoms with Crippen LogP contribution < -0.4 is 10.2 Å². The van der Waals surface area contributed by atoms with Crippen LogP contribution in [0.3, 0.4) is 0 Å². The minimum absolute atomic E-state index is 0.789. The smallest absolute Gasteiger partial charge is 0.0562 e. The summed E-state index contributed by atoms with van der Waals surface area (Å²) in [6, 6.07) is 4.39. The summed E-state index contributed by atoms with van der Waals surface area (Å²) in [5.41, 5.74) is 2.49. The van der Waals surface area contributed by atoms with Gasteiger partial charge in [-0.15, -0.1) is 0 Å². The van der Waals surface area contributed by atoms with Gasteiger partial charge in [-0.1, -0.05) is 20.8 Å². The van der Waals surface area contributed by atoms with Crippen molar-refractivity contribution in [1.29, 1.82) is 0 Å². The molecule has 1 atom stereocenters. The largest absolute Gasteiger partial charge is 0.371 e. The van der Waals surface area contributed by atoms with Gasteiger partial charge in [0.25, 0.3) is 0 Å². The number of rotatable bonds is 6. The van der Waals surface area contributed by atoms with Crippen LogP contribution in [0.5, 0.6) is 0 Å². The molecule has 0 bridgehead atoms. The van der Waals surface area contributed by atoms with Crippen molar-refractivity contribution < 1.29 is 0 Å². The molecule has 3 nitrogen and oxygen atoms in total. The predicted molar refractivity (Wildman–Crippen MR) is 81.4 cm³/mol. The van der Waals surface area contributed by atoms with Gasteiger partial charge in [-0.25, -0.2) is 0 Å². The molecule has 1 unspecified atom stereocenters. The van der Waals surface area contributed by atoms with E-state index in [-0.39, 0.29) is 0 Å². The second kappa shape index (κ2) is 6.90. The summed E-state index contributed by atoms with van der Waals surface area (Å²) < 4.78 is 0. The van der Waals surface area contributed by atoms with Crippen LogP contribution in [-0.2, 0) is 6.54 Å². The Hall–Kier alpha value is -1.09. The zero-order valence-corrected chi connectivity index (χ0v) is 12.5. The van der Waals surface area contributed by atoms with Crippen molar-refractivity contribution in [3.05, 3.63) is 24.0 Å². The molecule has 0 radical (unpaired) electrons. The molecule has 2 heterocycles. The minimum Gasteiger partial charge on any atom is -0.371 e. The molecule has 0 aliphatic carbocycles. The van der Waals surface area contributed by atoms with Crippen LogP contribution in [0.1, 0.15) is 39.3 Å². The Morgan fingerprint density at radius 2 is 2.32 bits per heavy atom. The van der Waals surface area contributed by atoms with Gasteiger partial charge in [-0.2, -0.15) is 0 Å². The van der Waals surface area contributed by atoms with E-state index in [1.165, 1.54) is 31.6 Å². The van der Waals surface area contributed by atoms with Crippen LogP contribution in [0.15, 0.2) is 18.3 Å². The SMILES string of the molecule is CCCNCc1cc(N2CCC(C(C)C)C2)ccn1. The van der Waals surface area contributed by atoms with Crippen LogP contribution >= 0.6 is 0 Å². The minimum atomic E-state index is 0.789. The molecule has 1 aliphatic heterocycles. The van der Waals surface area contributed by atoms with E-state index in [9.17, 15) is 0 Å². The second-order valence-corrected chi connectivity index (χ2v) is 5.92. The van der Waals surface area contributed by atoms with E-state index < -0.39 is 0 Å². The van der Waals surface area contributed by atoms with Gasteiger partial charge in [-0.05, 0) is 43.4 Å². The molecule has 19 heavy (non-hydrogen) atoms. The van der Waals surface area contributed by atoms with Crippen molar-refractivity contribution >= 4 is 5.69 Å². The molecular formula is C16H27N3. The van der Waals surface area contributed by atoms with Gasteiger partial charge in [0.1, 0.15) is 0 Å². The third-order valence-corrected chi connectivity index (χ3v) is 4.07. The van der Waals surface area contributed by atoms with Crippen LogP contribution in [0.2, 0.25) is 0 Å². The first kappa shape index (κ1) is 14.3. The van der Waals surface area contributed by atoms with Gasteiger partial charge in [-0.3, -0.25) is 4.98 Å². The van der Waals surface area contributed by atoms with Gasteiger partial charge in [0.2, 0.25) is 0 Å². The maximum atomic E-state index is 4.45. The summed E-state index contributed by atoms with van der Waals surface area (Å²) in [7, 11) is 0. The number of pyridine rings is 1. The molecule has 0 amide bonds. The second-order valence-electron chi connectivity index (χ2n) is 5.92. The van der Waals surface area contributed by atoms with E-state index >= 15 is 0 Å². The Balaban J connectivity index is 1.95. The van der Waals surface area contributed by atoms with Gasteiger partial charge < -0.3 is 10.2 Å². The summed E-state index contributed by atoms with van der Waals surface area (Å²) in [5.74, 6) is 1.63. The molecule has 0 saturated carbocycles. The molecule has 2 rings (SSSR count). The number of anilines is 1. The Kier molecular flexibility index (Phi) is 5.20. The molecule has 0 aromatic carbocycles. The lowest BCUT2D eigenvalue weighted by molar-refractivity contribution is 0.423. The maximum absolute atomic E-state index is 4.45. The first-order valence-electron chi connectivity index (χ1n) is 7.61. The highest BCUT2D eigenvalue weighted by Crippen LogP contribution is 2.28. The average molecular weight is 261 g/mol. The summed E-state index contributed by atoms with van der Waals surface area (Å²) in [6.45, 7) is 11.2. The van der Waals surface area contributed by atoms with Crippen LogP contribution in [0.4, 0.5) is 5.69 Å². The van der Waals surface area contributed by atoms with E-state index in [1.807, 2.05) is 6.20 Å². The highest BCUT2D eigenvalue weighted by Gasteiger charge is 2.24. The van der Waals surface area contributed by atoms with Crippen molar-refractivity contribution in [3.63, 3.8) is 0 Å². The van der Waals surface area contributed by atoms with Crippen molar-refractivity contribution in [2.45, 2.75) is 40.2 Å². The zero-order chi connectivity index (χ0) is 13.7. The molecule has 1 aromatic rings. The van der Waals surface area contributed by atoms with E-state index in [0.717, 1.165) is 30.6 Å². The fourth-order valence-electron chi connectivity index (χ4n) is 2.72. The molecule has 1 saturated heterocycles. The molecule has 1 aromatic heterocycles. The maximum Gasteiger partial charge on any atom is 0.0562 e. The molecule has 3 heteroatoms. The van der Waals surface area contributed by atoms with Gasteiger partial charge in [0.15, 0.2) is 0 Å². The number of hydrogen-bond acceptors (Lipinski definition) is 3. The molecule has 106 valence electrons. The summed E-state index contributed by atoms with van der Waals surface area (Å²) in [5, 5.41) is 3.42. The Morgan fingerprint density at radius 1 is 1.47 bits per heavy atom. The number of nitrogens with one attached hydrogen (secondary N) is 1. The molecule has 0 spiro atoms. The lowest BCUT2D eigenvalue weighted by atomic mass is 9.95. The van der Waals surface area contributed by atoms with E-state index in [1.54, 1.807) is 0 Å². The van der Waals surface area contributed by atoms with Gasteiger partial charge >= 0.3 is 0 Å². The third kappa shape index (κ3) is 3.93. The monoisotopic (exact) mass is 261 g/mol. The number of aromatic nitrogens is 1. The third-order valence-electron chi connectivity index (χ3n) is 4.07. The van der Waals surface area contributed by atoms with Crippen molar-refractivity contribution in [1.82, 2.24) is 10.3 Å². The van der Waals surface area contributed by atoms with Crippen molar-refractivity contribution in [2.24, 2.45) is 11.8 Å². The first-order chi connectivity index (χ1) is 9.20. The normalized spacial score (nSPS) is 19.4. The lowest BCUT2D eigenvalue weighted by Gasteiger charge is -2.20. The van der Waals surface area contributed by atoms with Crippen LogP contribution in [0.25, 0.3) is 0 Å². The summed E-state index contributed by atoms with van der Waals surface area (Å²) in [6.07, 6.45) is 4.44. The van der Waals surface area contributed by atoms with Gasteiger partial charge in [0, 0.05) is 31.5 Å².